The number of hydrogen-bond acceptors (Lipinski definition) is 7. The highest BCUT2D eigenvalue weighted by atomic mass is 35.5. The second-order valence-electron chi connectivity index (χ2n) is 9.61. The second kappa shape index (κ2) is 7.56. The number of nitrogens with two attached hydrogens (primary N) is 2. The molecule has 3 aromatic rings. The number of carbonyl (C=O) groups is 1. The molecule has 9 nitrogen and oxygen atoms in total. The van der Waals surface area contributed by atoms with E-state index in [-0.39, 0.29) is 5.91 Å². The number of benzene rings is 1. The van der Waals surface area contributed by atoms with Gasteiger partial charge in [0.15, 0.2) is 11.5 Å². The third kappa shape index (κ3) is 3.69. The number of imidazole rings is 1. The van der Waals surface area contributed by atoms with Crippen molar-refractivity contribution in [2.24, 2.45) is 5.73 Å². The Morgan fingerprint density at radius 3 is 2.79 bits per heavy atom. The summed E-state index contributed by atoms with van der Waals surface area (Å²) in [5.74, 6) is 0.769. The van der Waals surface area contributed by atoms with Crippen LogP contribution in [0, 0.1) is 0 Å². The molecule has 0 radical (unpaired) electrons. The highest BCUT2D eigenvalue weighted by Gasteiger charge is 2.44. The van der Waals surface area contributed by atoms with Gasteiger partial charge in [0.2, 0.25) is 5.91 Å². The molecule has 1 atom stereocenters. The summed E-state index contributed by atoms with van der Waals surface area (Å²) in [7, 11) is 0. The van der Waals surface area contributed by atoms with Crippen molar-refractivity contribution >= 4 is 40.2 Å². The van der Waals surface area contributed by atoms with Gasteiger partial charge >= 0.3 is 0 Å². The highest BCUT2D eigenvalue weighted by Crippen LogP contribution is 2.48. The van der Waals surface area contributed by atoms with Gasteiger partial charge in [0, 0.05) is 35.4 Å². The zero-order chi connectivity index (χ0) is 22.7. The summed E-state index contributed by atoms with van der Waals surface area (Å²) >= 11 is 6.72. The molecule has 1 saturated heterocycles. The number of aromatic nitrogens is 4. The molecule has 3 heterocycles. The number of amides is 1. The van der Waals surface area contributed by atoms with E-state index in [1.165, 1.54) is 11.9 Å². The molecule has 6 rings (SSSR count). The standard InChI is InChI=1S/C23H27ClN8O/c24-16-5-6-17(31-8-7-23(26,10-31)22(33)30-14-3-4-14)15(18(16)13-1-2-13)9-32-12-29-19-20(25)27-11-28-21(19)32/h5-6,11-14H,1-4,7-10,26H2,(H,30,33)(H2,25,27,28)/t23-/m1/s1. The lowest BCUT2D eigenvalue weighted by molar-refractivity contribution is -0.125. The minimum absolute atomic E-state index is 0.0433. The fourth-order valence-corrected chi connectivity index (χ4v) is 5.20. The molecule has 3 fully saturated rings. The van der Waals surface area contributed by atoms with Crippen molar-refractivity contribution < 1.29 is 4.79 Å². The maximum absolute atomic E-state index is 12.8. The zero-order valence-electron chi connectivity index (χ0n) is 18.3. The van der Waals surface area contributed by atoms with E-state index in [1.807, 2.05) is 10.6 Å². The van der Waals surface area contributed by atoms with Crippen LogP contribution in [0.4, 0.5) is 11.5 Å². The first kappa shape index (κ1) is 20.7. The Morgan fingerprint density at radius 1 is 1.21 bits per heavy atom. The fourth-order valence-electron chi connectivity index (χ4n) is 4.87. The van der Waals surface area contributed by atoms with Crippen molar-refractivity contribution in [3.63, 3.8) is 0 Å². The van der Waals surface area contributed by atoms with Gasteiger partial charge in [-0.3, -0.25) is 4.79 Å². The minimum atomic E-state index is -0.886. The van der Waals surface area contributed by atoms with Crippen molar-refractivity contribution in [1.29, 1.82) is 0 Å². The van der Waals surface area contributed by atoms with Crippen molar-refractivity contribution in [1.82, 2.24) is 24.8 Å². The van der Waals surface area contributed by atoms with Crippen LogP contribution in [0.25, 0.3) is 11.2 Å². The van der Waals surface area contributed by atoms with Gasteiger partial charge in [-0.05, 0) is 55.7 Å². The zero-order valence-corrected chi connectivity index (χ0v) is 19.1. The number of hydrogen-bond donors (Lipinski definition) is 3. The lowest BCUT2D eigenvalue weighted by atomic mass is 9.98. The number of fused-ring (bicyclic) bond motifs is 1. The Hall–Kier alpha value is -2.91. The van der Waals surface area contributed by atoms with Crippen LogP contribution in [-0.2, 0) is 11.3 Å². The van der Waals surface area contributed by atoms with E-state index < -0.39 is 5.54 Å². The van der Waals surface area contributed by atoms with Crippen LogP contribution >= 0.6 is 11.6 Å². The molecular weight excluding hydrogens is 440 g/mol. The number of nitrogens with one attached hydrogen (secondary N) is 1. The Morgan fingerprint density at radius 2 is 2.03 bits per heavy atom. The van der Waals surface area contributed by atoms with E-state index in [1.54, 1.807) is 6.33 Å². The summed E-state index contributed by atoms with van der Waals surface area (Å²) in [6.45, 7) is 1.74. The molecule has 1 amide bonds. The van der Waals surface area contributed by atoms with Crippen LogP contribution < -0.4 is 21.7 Å². The summed E-state index contributed by atoms with van der Waals surface area (Å²) < 4.78 is 1.99. The lowest BCUT2D eigenvalue weighted by Gasteiger charge is -2.27. The molecule has 2 aromatic heterocycles. The van der Waals surface area contributed by atoms with E-state index >= 15 is 0 Å². The summed E-state index contributed by atoms with van der Waals surface area (Å²) in [6.07, 6.45) is 8.16. The number of carbonyl (C=O) groups excluding carboxylic acids is 1. The normalized spacial score (nSPS) is 22.8. The van der Waals surface area contributed by atoms with Gasteiger partial charge in [-0.1, -0.05) is 11.6 Å². The molecule has 33 heavy (non-hydrogen) atoms. The molecule has 10 heteroatoms. The Balaban J connectivity index is 1.37. The third-order valence-electron chi connectivity index (χ3n) is 7.03. The molecule has 0 bridgehead atoms. The topological polar surface area (TPSA) is 128 Å². The van der Waals surface area contributed by atoms with Gasteiger partial charge in [0.05, 0.1) is 12.9 Å². The minimum Gasteiger partial charge on any atom is -0.382 e. The summed E-state index contributed by atoms with van der Waals surface area (Å²) in [6, 6.07) is 4.32. The number of nitrogen functional groups attached to an aromatic ring is 1. The van der Waals surface area contributed by atoms with Crippen molar-refractivity contribution in [2.75, 3.05) is 23.7 Å². The van der Waals surface area contributed by atoms with Gasteiger partial charge in [-0.15, -0.1) is 0 Å². The van der Waals surface area contributed by atoms with Crippen LogP contribution in [0.3, 0.4) is 0 Å². The average Bonchev–Trinajstić information content (AvgIpc) is 3.71. The van der Waals surface area contributed by atoms with E-state index in [0.29, 0.717) is 55.0 Å². The smallest absolute Gasteiger partial charge is 0.242 e. The van der Waals surface area contributed by atoms with Crippen molar-refractivity contribution in [2.45, 2.75) is 56.1 Å². The maximum Gasteiger partial charge on any atom is 0.242 e. The second-order valence-corrected chi connectivity index (χ2v) is 10.0. The SMILES string of the molecule is Nc1ncnc2c1ncn2Cc1c(N2CC[C@](N)(C(=O)NC3CC3)C2)ccc(Cl)c1C1CC1. The van der Waals surface area contributed by atoms with E-state index in [0.717, 1.165) is 42.0 Å². The van der Waals surface area contributed by atoms with E-state index in [4.69, 9.17) is 23.1 Å². The molecule has 5 N–H and O–H groups in total. The average molecular weight is 467 g/mol. The molecular formula is C23H27ClN8O. The number of nitrogens with zero attached hydrogens (tertiary/aromatic N) is 5. The molecule has 0 spiro atoms. The predicted octanol–water partition coefficient (Wildman–Crippen LogP) is 2.17. The predicted molar refractivity (Wildman–Crippen MR) is 127 cm³/mol. The summed E-state index contributed by atoms with van der Waals surface area (Å²) in [5, 5.41) is 3.86. The van der Waals surface area contributed by atoms with Crippen LogP contribution in [0.15, 0.2) is 24.8 Å². The first-order valence-electron chi connectivity index (χ1n) is 11.5. The van der Waals surface area contributed by atoms with Crippen LogP contribution in [-0.4, -0.2) is 50.1 Å². The first-order valence-corrected chi connectivity index (χ1v) is 11.9. The molecule has 1 aliphatic heterocycles. The number of halogens is 1. The lowest BCUT2D eigenvalue weighted by Crippen LogP contribution is -2.56. The quantitative estimate of drug-likeness (QED) is 0.507. The Labute approximate surface area is 196 Å². The summed E-state index contributed by atoms with van der Waals surface area (Å²) in [5.41, 5.74) is 16.4. The van der Waals surface area contributed by atoms with Gasteiger partial charge in [0.25, 0.3) is 0 Å². The maximum atomic E-state index is 12.8. The van der Waals surface area contributed by atoms with Crippen molar-refractivity contribution in [3.05, 3.63) is 40.9 Å². The molecule has 2 aliphatic carbocycles. The van der Waals surface area contributed by atoms with Gasteiger partial charge < -0.3 is 26.3 Å². The first-order chi connectivity index (χ1) is 15.9. The van der Waals surface area contributed by atoms with Gasteiger partial charge in [-0.2, -0.15) is 0 Å². The van der Waals surface area contributed by atoms with Gasteiger partial charge in [-0.25, -0.2) is 15.0 Å². The largest absolute Gasteiger partial charge is 0.382 e. The van der Waals surface area contributed by atoms with E-state index in [2.05, 4.69) is 31.2 Å². The number of rotatable bonds is 6. The Kier molecular flexibility index (Phi) is 4.74. The Bertz CT molecular complexity index is 1250. The third-order valence-corrected chi connectivity index (χ3v) is 7.36. The molecule has 0 unspecified atom stereocenters. The van der Waals surface area contributed by atoms with Crippen LogP contribution in [0.1, 0.15) is 49.1 Å². The van der Waals surface area contributed by atoms with Gasteiger partial charge in [0.1, 0.15) is 17.4 Å². The highest BCUT2D eigenvalue weighted by molar-refractivity contribution is 6.31. The molecule has 3 aliphatic rings. The molecule has 1 aromatic carbocycles. The van der Waals surface area contributed by atoms with E-state index in [9.17, 15) is 4.79 Å². The van der Waals surface area contributed by atoms with Crippen LogP contribution in [0.5, 0.6) is 0 Å². The fraction of sp³-hybridized carbons (Fsp3) is 0.478. The molecule has 172 valence electrons. The number of anilines is 2. The summed E-state index contributed by atoms with van der Waals surface area (Å²) in [4.78, 5) is 27.9. The van der Waals surface area contributed by atoms with Crippen LogP contribution in [0.2, 0.25) is 5.02 Å². The molecule has 2 saturated carbocycles. The monoisotopic (exact) mass is 466 g/mol. The van der Waals surface area contributed by atoms with Crippen molar-refractivity contribution in [3.8, 4) is 0 Å².